The summed E-state index contributed by atoms with van der Waals surface area (Å²) in [7, 11) is 0. The summed E-state index contributed by atoms with van der Waals surface area (Å²) in [5, 5.41) is 22.5. The molecule has 0 saturated carbocycles. The molecule has 1 aliphatic heterocycles. The highest BCUT2D eigenvalue weighted by Gasteiger charge is 2.50. The van der Waals surface area contributed by atoms with E-state index in [4.69, 9.17) is 0 Å². The van der Waals surface area contributed by atoms with Crippen LogP contribution < -0.4 is 0 Å². The van der Waals surface area contributed by atoms with Gasteiger partial charge in [-0.1, -0.05) is 0 Å². The molecule has 2 aliphatic rings. The van der Waals surface area contributed by atoms with Crippen LogP contribution in [0.15, 0.2) is 11.4 Å². The Morgan fingerprint density at radius 2 is 2.07 bits per heavy atom. The lowest BCUT2D eigenvalue weighted by Gasteiger charge is -2.49. The van der Waals surface area contributed by atoms with Gasteiger partial charge in [0.1, 0.15) is 5.54 Å². The second-order valence-electron chi connectivity index (χ2n) is 4.75. The zero-order chi connectivity index (χ0) is 11.2. The third-order valence-electron chi connectivity index (χ3n) is 3.30. The molecule has 0 radical (unpaired) electrons. The van der Waals surface area contributed by atoms with Crippen molar-refractivity contribution in [1.82, 2.24) is 5.06 Å². The summed E-state index contributed by atoms with van der Waals surface area (Å²) >= 11 is 0. The molecule has 1 aliphatic carbocycles. The molecule has 5 heteroatoms. The van der Waals surface area contributed by atoms with Gasteiger partial charge >= 0.3 is 6.23 Å². The first-order chi connectivity index (χ1) is 6.96. The van der Waals surface area contributed by atoms with Gasteiger partial charge in [-0.15, -0.1) is 0 Å². The van der Waals surface area contributed by atoms with E-state index in [2.05, 4.69) is 0 Å². The number of hydroxylamine groups is 2. The molecule has 15 heavy (non-hydrogen) atoms. The number of allylic oxidation sites excluding steroid dienone is 2. The lowest BCUT2D eigenvalue weighted by molar-refractivity contribution is -0.611. The highest BCUT2D eigenvalue weighted by Crippen LogP contribution is 2.38. The Hall–Kier alpha value is -0.940. The average Bonchev–Trinajstić information content (AvgIpc) is 2.24. The maximum Gasteiger partial charge on any atom is 0.330 e. The lowest BCUT2D eigenvalue weighted by atomic mass is 9.92. The van der Waals surface area contributed by atoms with Crippen LogP contribution in [-0.2, 0) is 0 Å². The van der Waals surface area contributed by atoms with Crippen LogP contribution in [-0.4, -0.2) is 26.7 Å². The molecule has 0 bridgehead atoms. The number of hydrogen-bond acceptors (Lipinski definition) is 4. The molecule has 0 aromatic rings. The molecule has 0 aromatic carbocycles. The Morgan fingerprint density at radius 3 is 2.73 bits per heavy atom. The summed E-state index contributed by atoms with van der Waals surface area (Å²) in [6.07, 6.45) is 1.83. The highest BCUT2D eigenvalue weighted by molar-refractivity contribution is 5.17. The van der Waals surface area contributed by atoms with Gasteiger partial charge in [-0.3, -0.25) is 0 Å². The summed E-state index contributed by atoms with van der Waals surface area (Å²) in [5.74, 6) is 0. The number of nitroso groups, excluding NO2 is 1. The number of nitrogens with zero attached hydrogens (tertiary/aromatic N) is 2. The molecule has 84 valence electrons. The minimum absolute atomic E-state index is 0.475. The zero-order valence-corrected chi connectivity index (χ0v) is 9.06. The minimum Gasteiger partial charge on any atom is -0.758 e. The summed E-state index contributed by atoms with van der Waals surface area (Å²) in [6.45, 7) is 3.18. The molecular weight excluding hydrogens is 196 g/mol. The third-order valence-corrected chi connectivity index (χ3v) is 3.30. The monoisotopic (exact) mass is 212 g/mol. The van der Waals surface area contributed by atoms with Crippen molar-refractivity contribution < 1.29 is 9.87 Å². The molecule has 0 saturated heterocycles. The van der Waals surface area contributed by atoms with Crippen LogP contribution in [0.3, 0.4) is 0 Å². The van der Waals surface area contributed by atoms with Gasteiger partial charge in [-0.2, -0.15) is 0 Å². The fourth-order valence-corrected chi connectivity index (χ4v) is 2.22. The Labute approximate surface area is 88.5 Å². The summed E-state index contributed by atoms with van der Waals surface area (Å²) in [4.78, 5) is 11.8. The van der Waals surface area contributed by atoms with Gasteiger partial charge in [0.05, 0.1) is 10.5 Å². The van der Waals surface area contributed by atoms with Crippen molar-refractivity contribution in [3.05, 3.63) is 21.5 Å². The molecule has 2 rings (SSSR count). The van der Waals surface area contributed by atoms with Crippen LogP contribution in [0.5, 0.6) is 0 Å². The molecule has 5 nitrogen and oxygen atoms in total. The molecule has 1 heterocycles. The Morgan fingerprint density at radius 1 is 1.47 bits per heavy atom. The van der Waals surface area contributed by atoms with E-state index in [1.807, 2.05) is 0 Å². The zero-order valence-electron chi connectivity index (χ0n) is 9.06. The second-order valence-corrected chi connectivity index (χ2v) is 4.75. The van der Waals surface area contributed by atoms with E-state index >= 15 is 0 Å². The van der Waals surface area contributed by atoms with Crippen LogP contribution in [0, 0.1) is 10.1 Å². The van der Waals surface area contributed by atoms with Crippen LogP contribution in [0.4, 0.5) is 0 Å². The van der Waals surface area contributed by atoms with E-state index in [9.17, 15) is 15.2 Å². The first-order valence-electron chi connectivity index (χ1n) is 5.30. The maximum absolute atomic E-state index is 12.0. The Kier molecular flexibility index (Phi) is 2.31. The van der Waals surface area contributed by atoms with E-state index in [0.29, 0.717) is 29.0 Å². The van der Waals surface area contributed by atoms with Gasteiger partial charge in [0.25, 0.3) is 5.70 Å². The molecular formula is C10H16N2O3. The Bertz CT molecular complexity index is 336. The molecule has 0 fully saturated rings. The van der Waals surface area contributed by atoms with Crippen molar-refractivity contribution >= 4 is 0 Å². The van der Waals surface area contributed by atoms with Crippen molar-refractivity contribution in [1.29, 1.82) is 0 Å². The largest absolute Gasteiger partial charge is 0.758 e. The van der Waals surface area contributed by atoms with Gasteiger partial charge in [0.2, 0.25) is 0 Å². The van der Waals surface area contributed by atoms with Crippen molar-refractivity contribution in [3.63, 3.8) is 0 Å². The molecule has 1 N–H and O–H groups in total. The smallest absolute Gasteiger partial charge is 0.330 e. The quantitative estimate of drug-likeness (QED) is 0.617. The highest BCUT2D eigenvalue weighted by atomic mass is 16.5. The SMILES string of the molecule is CC1(C)C(O)[N+](=O)C2=C(CCCC2)N1[O-]. The summed E-state index contributed by atoms with van der Waals surface area (Å²) in [5.41, 5.74) is -0.0209. The number of aliphatic hydroxyl groups excluding tert-OH is 1. The first-order valence-corrected chi connectivity index (χ1v) is 5.30. The maximum atomic E-state index is 12.0. The number of aliphatic hydroxyl groups is 1. The standard InChI is InChI=1S/C10H16N2O3/c1-10(2)9(13)11(14)7-5-3-4-6-8(7)12(10)15/h9,13H,3-6H2,1-2H3. The van der Waals surface area contributed by atoms with Crippen molar-refractivity contribution in [3.8, 4) is 0 Å². The van der Waals surface area contributed by atoms with Crippen LogP contribution in [0.25, 0.3) is 0 Å². The predicted molar refractivity (Wildman–Crippen MR) is 54.4 cm³/mol. The molecule has 1 atom stereocenters. The van der Waals surface area contributed by atoms with Gasteiger partial charge in [-0.05, 0) is 33.1 Å². The third kappa shape index (κ3) is 1.38. The van der Waals surface area contributed by atoms with Gasteiger partial charge in [0, 0.05) is 11.3 Å². The van der Waals surface area contributed by atoms with Gasteiger partial charge in [0.15, 0.2) is 0 Å². The number of rotatable bonds is 0. The fourth-order valence-electron chi connectivity index (χ4n) is 2.22. The van der Waals surface area contributed by atoms with Gasteiger partial charge in [-0.25, -0.2) is 0 Å². The van der Waals surface area contributed by atoms with E-state index < -0.39 is 11.8 Å². The fraction of sp³-hybridized carbons (Fsp3) is 0.800. The summed E-state index contributed by atoms with van der Waals surface area (Å²) < 4.78 is 0.614. The van der Waals surface area contributed by atoms with Crippen LogP contribution in [0.2, 0.25) is 0 Å². The van der Waals surface area contributed by atoms with E-state index in [0.717, 1.165) is 17.9 Å². The Balaban J connectivity index is 2.47. The van der Waals surface area contributed by atoms with Crippen molar-refractivity contribution in [2.75, 3.05) is 0 Å². The van der Waals surface area contributed by atoms with E-state index in [1.54, 1.807) is 13.8 Å². The van der Waals surface area contributed by atoms with E-state index in [1.165, 1.54) is 0 Å². The lowest BCUT2D eigenvalue weighted by Crippen LogP contribution is -2.57. The van der Waals surface area contributed by atoms with Crippen LogP contribution >= 0.6 is 0 Å². The second kappa shape index (κ2) is 3.28. The molecule has 1 unspecified atom stereocenters. The minimum atomic E-state index is -1.27. The normalized spacial score (nSPS) is 30.5. The first kappa shape index (κ1) is 10.6. The molecule has 0 spiro atoms. The topological polar surface area (TPSA) is 66.6 Å². The van der Waals surface area contributed by atoms with Crippen molar-refractivity contribution in [2.24, 2.45) is 0 Å². The van der Waals surface area contributed by atoms with E-state index in [-0.39, 0.29) is 0 Å². The predicted octanol–water partition coefficient (Wildman–Crippen LogP) is 1.46. The molecule has 0 amide bonds. The summed E-state index contributed by atoms with van der Waals surface area (Å²) in [6, 6.07) is 0. The van der Waals surface area contributed by atoms with Crippen LogP contribution in [0.1, 0.15) is 39.5 Å². The van der Waals surface area contributed by atoms with Gasteiger partial charge < -0.3 is 15.4 Å². The average molecular weight is 212 g/mol. The van der Waals surface area contributed by atoms with Crippen molar-refractivity contribution in [2.45, 2.75) is 51.3 Å². The molecule has 0 aromatic heterocycles. The number of hydrogen-bond donors (Lipinski definition) is 1.